The number of rotatable bonds is 2. The van der Waals surface area contributed by atoms with Crippen LogP contribution in [0.1, 0.15) is 21.6 Å². The lowest BCUT2D eigenvalue weighted by atomic mass is 10.2. The maximum atomic E-state index is 11.8. The molecule has 1 aromatic carbocycles. The van der Waals surface area contributed by atoms with Gasteiger partial charge in [0, 0.05) is 5.69 Å². The van der Waals surface area contributed by atoms with Gasteiger partial charge >= 0.3 is 0 Å². The molecule has 0 radical (unpaired) electrons. The number of carbonyl (C=O) groups is 1. The number of benzene rings is 1. The number of amides is 1. The van der Waals surface area contributed by atoms with E-state index in [1.165, 1.54) is 0 Å². The molecule has 0 aliphatic carbocycles. The maximum absolute atomic E-state index is 11.8. The van der Waals surface area contributed by atoms with E-state index in [-0.39, 0.29) is 5.91 Å². The van der Waals surface area contributed by atoms with Gasteiger partial charge in [0.05, 0.1) is 17.8 Å². The lowest BCUT2D eigenvalue weighted by Crippen LogP contribution is -2.13. The van der Waals surface area contributed by atoms with E-state index < -0.39 is 0 Å². The molecule has 1 heterocycles. The molecule has 2 rings (SSSR count). The number of anilines is 1. The van der Waals surface area contributed by atoms with Gasteiger partial charge in [0.15, 0.2) is 0 Å². The average molecular weight is 226 g/mol. The molecular weight excluding hydrogens is 216 g/mol. The Morgan fingerprint density at radius 1 is 1.53 bits per heavy atom. The van der Waals surface area contributed by atoms with E-state index >= 15 is 0 Å². The van der Waals surface area contributed by atoms with Crippen molar-refractivity contribution in [3.63, 3.8) is 0 Å². The third-order valence-corrected chi connectivity index (χ3v) is 2.31. The second-order valence-corrected chi connectivity index (χ2v) is 3.57. The van der Waals surface area contributed by atoms with Crippen LogP contribution in [0, 0.1) is 18.3 Å². The number of aromatic nitrogens is 2. The van der Waals surface area contributed by atoms with Gasteiger partial charge in [-0.2, -0.15) is 10.4 Å². The van der Waals surface area contributed by atoms with Crippen LogP contribution in [-0.4, -0.2) is 16.1 Å². The summed E-state index contributed by atoms with van der Waals surface area (Å²) < 4.78 is 0. The summed E-state index contributed by atoms with van der Waals surface area (Å²) in [4.78, 5) is 11.8. The van der Waals surface area contributed by atoms with Crippen LogP contribution in [0.25, 0.3) is 0 Å². The molecule has 0 saturated heterocycles. The zero-order valence-electron chi connectivity index (χ0n) is 9.19. The Balaban J connectivity index is 2.19. The summed E-state index contributed by atoms with van der Waals surface area (Å²) in [6.07, 6.45) is 1.58. The first kappa shape index (κ1) is 10.9. The summed E-state index contributed by atoms with van der Waals surface area (Å²) in [7, 11) is 0. The molecule has 17 heavy (non-hydrogen) atoms. The Labute approximate surface area is 98.1 Å². The summed E-state index contributed by atoms with van der Waals surface area (Å²) >= 11 is 0. The second-order valence-electron chi connectivity index (χ2n) is 3.57. The topological polar surface area (TPSA) is 81.6 Å². The van der Waals surface area contributed by atoms with Crippen LogP contribution >= 0.6 is 0 Å². The summed E-state index contributed by atoms with van der Waals surface area (Å²) in [5.74, 6) is -0.268. The van der Waals surface area contributed by atoms with Crippen LogP contribution in [0.2, 0.25) is 0 Å². The van der Waals surface area contributed by atoms with Crippen LogP contribution in [0.5, 0.6) is 0 Å². The molecule has 1 aromatic heterocycles. The van der Waals surface area contributed by atoms with E-state index in [4.69, 9.17) is 5.26 Å². The minimum absolute atomic E-state index is 0.268. The van der Waals surface area contributed by atoms with E-state index in [2.05, 4.69) is 15.5 Å². The van der Waals surface area contributed by atoms with Gasteiger partial charge < -0.3 is 5.32 Å². The molecule has 0 bridgehead atoms. The number of nitrogens with one attached hydrogen (secondary N) is 2. The molecule has 0 spiro atoms. The molecule has 0 aliphatic heterocycles. The Morgan fingerprint density at radius 2 is 2.35 bits per heavy atom. The number of nitrogens with zero attached hydrogens (tertiary/aromatic N) is 2. The number of nitriles is 1. The van der Waals surface area contributed by atoms with Gasteiger partial charge in [0.1, 0.15) is 5.69 Å². The fourth-order valence-corrected chi connectivity index (χ4v) is 1.44. The van der Waals surface area contributed by atoms with E-state index in [1.54, 1.807) is 37.4 Å². The normalized spacial score (nSPS) is 9.65. The van der Waals surface area contributed by atoms with Crippen LogP contribution in [0.4, 0.5) is 5.69 Å². The summed E-state index contributed by atoms with van der Waals surface area (Å²) in [6, 6.07) is 8.75. The highest BCUT2D eigenvalue weighted by Gasteiger charge is 2.10. The van der Waals surface area contributed by atoms with Crippen molar-refractivity contribution in [1.82, 2.24) is 10.2 Å². The Hall–Kier alpha value is -2.61. The smallest absolute Gasteiger partial charge is 0.273 e. The highest BCUT2D eigenvalue weighted by molar-refractivity contribution is 6.03. The van der Waals surface area contributed by atoms with Gasteiger partial charge in [0.2, 0.25) is 0 Å². The molecule has 0 fully saturated rings. The van der Waals surface area contributed by atoms with E-state index in [0.717, 1.165) is 5.56 Å². The molecule has 84 valence electrons. The fraction of sp³-hybridized carbons (Fsp3) is 0.0833. The lowest BCUT2D eigenvalue weighted by Gasteiger charge is -2.04. The monoisotopic (exact) mass is 226 g/mol. The van der Waals surface area contributed by atoms with Crippen molar-refractivity contribution >= 4 is 11.6 Å². The number of aryl methyl sites for hydroxylation is 1. The first-order valence-corrected chi connectivity index (χ1v) is 5.02. The van der Waals surface area contributed by atoms with Gasteiger partial charge in [-0.25, -0.2) is 0 Å². The minimum Gasteiger partial charge on any atom is -0.321 e. The number of hydrogen-bond donors (Lipinski definition) is 2. The van der Waals surface area contributed by atoms with Crippen LogP contribution < -0.4 is 5.32 Å². The number of carbonyl (C=O) groups excluding carboxylic acids is 1. The summed E-state index contributed by atoms with van der Waals surface area (Å²) in [6.45, 7) is 1.80. The second kappa shape index (κ2) is 4.49. The largest absolute Gasteiger partial charge is 0.321 e. The first-order chi connectivity index (χ1) is 8.20. The predicted molar refractivity (Wildman–Crippen MR) is 62.4 cm³/mol. The SMILES string of the molecule is Cc1cn[nH]c1C(=O)Nc1cccc(C#N)c1. The van der Waals surface area contributed by atoms with Crippen molar-refractivity contribution in [3.8, 4) is 6.07 Å². The fourth-order valence-electron chi connectivity index (χ4n) is 1.44. The molecule has 1 amide bonds. The molecule has 2 aromatic rings. The zero-order valence-corrected chi connectivity index (χ0v) is 9.19. The van der Waals surface area contributed by atoms with E-state index in [1.807, 2.05) is 6.07 Å². The molecule has 0 aliphatic rings. The molecule has 5 heteroatoms. The van der Waals surface area contributed by atoms with Crippen molar-refractivity contribution < 1.29 is 4.79 Å². The molecule has 2 N–H and O–H groups in total. The number of H-pyrrole nitrogens is 1. The quantitative estimate of drug-likeness (QED) is 0.819. The Bertz CT molecular complexity index is 595. The van der Waals surface area contributed by atoms with Gasteiger partial charge in [-0.15, -0.1) is 0 Å². The van der Waals surface area contributed by atoms with Gasteiger partial charge in [0.25, 0.3) is 5.91 Å². The molecule has 5 nitrogen and oxygen atoms in total. The van der Waals surface area contributed by atoms with E-state index in [9.17, 15) is 4.79 Å². The van der Waals surface area contributed by atoms with Crippen LogP contribution in [0.3, 0.4) is 0 Å². The number of hydrogen-bond acceptors (Lipinski definition) is 3. The van der Waals surface area contributed by atoms with Crippen LogP contribution in [-0.2, 0) is 0 Å². The Morgan fingerprint density at radius 3 is 3.00 bits per heavy atom. The summed E-state index contributed by atoms with van der Waals surface area (Å²) in [5.41, 5.74) is 2.29. The van der Waals surface area contributed by atoms with Gasteiger partial charge in [-0.1, -0.05) is 6.07 Å². The van der Waals surface area contributed by atoms with Crippen molar-refractivity contribution in [1.29, 1.82) is 5.26 Å². The summed E-state index contributed by atoms with van der Waals surface area (Å²) in [5, 5.41) is 17.9. The van der Waals surface area contributed by atoms with Crippen LogP contribution in [0.15, 0.2) is 30.5 Å². The van der Waals surface area contributed by atoms with Crippen molar-refractivity contribution in [2.45, 2.75) is 6.92 Å². The average Bonchev–Trinajstić information content (AvgIpc) is 2.76. The highest BCUT2D eigenvalue weighted by atomic mass is 16.1. The molecule has 0 atom stereocenters. The molecular formula is C12H10N4O. The first-order valence-electron chi connectivity index (χ1n) is 5.02. The maximum Gasteiger partial charge on any atom is 0.273 e. The van der Waals surface area contributed by atoms with Crippen molar-refractivity contribution in [2.24, 2.45) is 0 Å². The zero-order chi connectivity index (χ0) is 12.3. The lowest BCUT2D eigenvalue weighted by molar-refractivity contribution is 0.102. The molecule has 0 unspecified atom stereocenters. The van der Waals surface area contributed by atoms with Gasteiger partial charge in [-0.05, 0) is 30.7 Å². The number of aromatic amines is 1. The molecule has 0 saturated carbocycles. The Kier molecular flexibility index (Phi) is 2.88. The highest BCUT2D eigenvalue weighted by Crippen LogP contribution is 2.12. The van der Waals surface area contributed by atoms with Crippen molar-refractivity contribution in [3.05, 3.63) is 47.3 Å². The third-order valence-electron chi connectivity index (χ3n) is 2.31. The van der Waals surface area contributed by atoms with Crippen molar-refractivity contribution in [2.75, 3.05) is 5.32 Å². The minimum atomic E-state index is -0.268. The van der Waals surface area contributed by atoms with Gasteiger partial charge in [-0.3, -0.25) is 9.89 Å². The third kappa shape index (κ3) is 2.32. The van der Waals surface area contributed by atoms with E-state index in [0.29, 0.717) is 16.9 Å². The predicted octanol–water partition coefficient (Wildman–Crippen LogP) is 1.84. The standard InChI is InChI=1S/C12H10N4O/c1-8-7-14-16-11(8)12(17)15-10-4-2-3-9(5-10)6-13/h2-5,7H,1H3,(H,14,16)(H,15,17).